The third-order valence-electron chi connectivity index (χ3n) is 3.44. The second-order valence-electron chi connectivity index (χ2n) is 5.02. The Hall–Kier alpha value is -2.21. The third kappa shape index (κ3) is 3.46. The van der Waals surface area contributed by atoms with Crippen LogP contribution in [0.4, 0.5) is 11.8 Å². The van der Waals surface area contributed by atoms with Crippen LogP contribution in [0.1, 0.15) is 11.1 Å². The summed E-state index contributed by atoms with van der Waals surface area (Å²) >= 11 is 0. The highest BCUT2D eigenvalue weighted by atomic mass is 16.5. The van der Waals surface area contributed by atoms with Crippen LogP contribution in [-0.4, -0.2) is 41.3 Å². The molecule has 0 unspecified atom stereocenters. The van der Waals surface area contributed by atoms with Crippen LogP contribution in [0.3, 0.4) is 0 Å². The Balaban J connectivity index is 1.72. The van der Waals surface area contributed by atoms with Gasteiger partial charge in [0, 0.05) is 43.8 Å². The molecule has 6 nitrogen and oxygen atoms in total. The van der Waals surface area contributed by atoms with Crippen molar-refractivity contribution in [3.05, 3.63) is 41.9 Å². The maximum absolute atomic E-state index is 5.36. The molecule has 0 aromatic carbocycles. The lowest BCUT2D eigenvalue weighted by Crippen LogP contribution is -2.37. The van der Waals surface area contributed by atoms with Gasteiger partial charge in [-0.1, -0.05) is 6.07 Å². The molecule has 1 N–H and O–H groups in total. The third-order valence-corrected chi connectivity index (χ3v) is 3.44. The molecule has 1 aliphatic heterocycles. The van der Waals surface area contributed by atoms with E-state index < -0.39 is 0 Å². The lowest BCUT2D eigenvalue weighted by atomic mass is 10.3. The average Bonchev–Trinajstić information content (AvgIpc) is 2.56. The van der Waals surface area contributed by atoms with E-state index in [-0.39, 0.29) is 0 Å². The molecule has 1 saturated heterocycles. The lowest BCUT2D eigenvalue weighted by Gasteiger charge is -2.27. The van der Waals surface area contributed by atoms with E-state index in [9.17, 15) is 0 Å². The molecule has 3 heterocycles. The maximum Gasteiger partial charge on any atom is 0.227 e. The Morgan fingerprint density at radius 3 is 2.90 bits per heavy atom. The highest BCUT2D eigenvalue weighted by Crippen LogP contribution is 2.17. The number of morpholine rings is 1. The smallest absolute Gasteiger partial charge is 0.227 e. The molecule has 1 fully saturated rings. The van der Waals surface area contributed by atoms with E-state index >= 15 is 0 Å². The van der Waals surface area contributed by atoms with Gasteiger partial charge >= 0.3 is 0 Å². The molecule has 0 atom stereocenters. The largest absolute Gasteiger partial charge is 0.378 e. The number of hydrogen-bond donors (Lipinski definition) is 1. The number of aryl methyl sites for hydroxylation is 1. The summed E-state index contributed by atoms with van der Waals surface area (Å²) in [5, 5.41) is 3.36. The van der Waals surface area contributed by atoms with Gasteiger partial charge in [0.25, 0.3) is 0 Å². The van der Waals surface area contributed by atoms with Crippen molar-refractivity contribution in [2.24, 2.45) is 0 Å². The van der Waals surface area contributed by atoms with Crippen molar-refractivity contribution in [3.8, 4) is 0 Å². The standard InChI is InChI=1S/C15H19N5O/c1-12-9-18-15(20-5-7-21-8-6-20)19-14(12)17-11-13-3-2-4-16-10-13/h2-4,9-10H,5-8,11H2,1H3,(H,17,18,19). The minimum absolute atomic E-state index is 0.703. The predicted octanol–water partition coefficient (Wildman–Crippen LogP) is 1.63. The van der Waals surface area contributed by atoms with Crippen molar-refractivity contribution in [2.45, 2.75) is 13.5 Å². The van der Waals surface area contributed by atoms with Crippen molar-refractivity contribution in [1.82, 2.24) is 15.0 Å². The number of anilines is 2. The summed E-state index contributed by atoms with van der Waals surface area (Å²) in [6.07, 6.45) is 5.49. The van der Waals surface area contributed by atoms with Gasteiger partial charge in [-0.05, 0) is 18.6 Å². The van der Waals surface area contributed by atoms with E-state index in [1.165, 1.54) is 0 Å². The van der Waals surface area contributed by atoms with Crippen LogP contribution >= 0.6 is 0 Å². The van der Waals surface area contributed by atoms with Gasteiger partial charge in [-0.25, -0.2) is 4.98 Å². The van der Waals surface area contributed by atoms with Crippen molar-refractivity contribution in [1.29, 1.82) is 0 Å². The second kappa shape index (κ2) is 6.49. The van der Waals surface area contributed by atoms with Crippen molar-refractivity contribution in [2.75, 3.05) is 36.5 Å². The Kier molecular flexibility index (Phi) is 4.25. The first-order valence-corrected chi connectivity index (χ1v) is 7.12. The van der Waals surface area contributed by atoms with Gasteiger partial charge in [-0.2, -0.15) is 4.98 Å². The van der Waals surface area contributed by atoms with Crippen LogP contribution in [0.5, 0.6) is 0 Å². The zero-order chi connectivity index (χ0) is 14.5. The molecule has 0 radical (unpaired) electrons. The summed E-state index contributed by atoms with van der Waals surface area (Å²) in [5.74, 6) is 1.63. The first-order chi connectivity index (χ1) is 10.3. The van der Waals surface area contributed by atoms with Crippen LogP contribution in [0.15, 0.2) is 30.7 Å². The molecule has 0 aliphatic carbocycles. The zero-order valence-corrected chi connectivity index (χ0v) is 12.1. The Morgan fingerprint density at radius 1 is 1.29 bits per heavy atom. The quantitative estimate of drug-likeness (QED) is 0.921. The molecular formula is C15H19N5O. The molecule has 110 valence electrons. The minimum atomic E-state index is 0.703. The van der Waals surface area contributed by atoms with Gasteiger partial charge in [-0.15, -0.1) is 0 Å². The second-order valence-corrected chi connectivity index (χ2v) is 5.02. The SMILES string of the molecule is Cc1cnc(N2CCOCC2)nc1NCc1cccnc1. The molecule has 0 spiro atoms. The number of ether oxygens (including phenoxy) is 1. The summed E-state index contributed by atoms with van der Waals surface area (Å²) in [4.78, 5) is 15.3. The summed E-state index contributed by atoms with van der Waals surface area (Å²) in [6.45, 7) is 5.85. The Labute approximate surface area is 124 Å². The molecule has 21 heavy (non-hydrogen) atoms. The van der Waals surface area contributed by atoms with E-state index in [1.807, 2.05) is 31.5 Å². The summed E-state index contributed by atoms with van der Waals surface area (Å²) in [5.41, 5.74) is 2.17. The van der Waals surface area contributed by atoms with Gasteiger partial charge in [0.2, 0.25) is 5.95 Å². The van der Waals surface area contributed by atoms with E-state index in [2.05, 4.69) is 25.2 Å². The first kappa shape index (κ1) is 13.8. The topological polar surface area (TPSA) is 63.2 Å². The fraction of sp³-hybridized carbons (Fsp3) is 0.400. The van der Waals surface area contributed by atoms with E-state index in [0.717, 1.165) is 49.2 Å². The number of nitrogens with zero attached hydrogens (tertiary/aromatic N) is 4. The molecule has 6 heteroatoms. The number of nitrogens with one attached hydrogen (secondary N) is 1. The average molecular weight is 285 g/mol. The fourth-order valence-corrected chi connectivity index (χ4v) is 2.22. The van der Waals surface area contributed by atoms with Crippen LogP contribution in [0, 0.1) is 6.92 Å². The van der Waals surface area contributed by atoms with Gasteiger partial charge in [0.15, 0.2) is 0 Å². The first-order valence-electron chi connectivity index (χ1n) is 7.12. The molecular weight excluding hydrogens is 266 g/mol. The number of rotatable bonds is 4. The van der Waals surface area contributed by atoms with Crippen molar-refractivity contribution < 1.29 is 4.74 Å². The highest BCUT2D eigenvalue weighted by molar-refractivity contribution is 5.47. The molecule has 2 aromatic heterocycles. The number of pyridine rings is 1. The maximum atomic E-state index is 5.36. The van der Waals surface area contributed by atoms with Gasteiger partial charge < -0.3 is 15.0 Å². The zero-order valence-electron chi connectivity index (χ0n) is 12.1. The molecule has 3 rings (SSSR count). The summed E-state index contributed by atoms with van der Waals surface area (Å²) in [6, 6.07) is 3.97. The lowest BCUT2D eigenvalue weighted by molar-refractivity contribution is 0.122. The van der Waals surface area contributed by atoms with Crippen LogP contribution < -0.4 is 10.2 Å². The minimum Gasteiger partial charge on any atom is -0.378 e. The van der Waals surface area contributed by atoms with E-state index in [4.69, 9.17) is 4.74 Å². The molecule has 0 amide bonds. The van der Waals surface area contributed by atoms with Crippen LogP contribution in [0.25, 0.3) is 0 Å². The van der Waals surface area contributed by atoms with Gasteiger partial charge in [0.1, 0.15) is 5.82 Å². The van der Waals surface area contributed by atoms with E-state index in [1.54, 1.807) is 6.20 Å². The van der Waals surface area contributed by atoms with Crippen LogP contribution in [0.2, 0.25) is 0 Å². The predicted molar refractivity (Wildman–Crippen MR) is 81.4 cm³/mol. The normalized spacial score (nSPS) is 15.0. The summed E-state index contributed by atoms with van der Waals surface area (Å²) in [7, 11) is 0. The monoisotopic (exact) mass is 285 g/mol. The number of aromatic nitrogens is 3. The van der Waals surface area contributed by atoms with Gasteiger partial charge in [-0.3, -0.25) is 4.98 Å². The van der Waals surface area contributed by atoms with Gasteiger partial charge in [0.05, 0.1) is 13.2 Å². The highest BCUT2D eigenvalue weighted by Gasteiger charge is 2.14. The Bertz CT molecular complexity index is 584. The van der Waals surface area contributed by atoms with Crippen molar-refractivity contribution in [3.63, 3.8) is 0 Å². The molecule has 0 saturated carbocycles. The van der Waals surface area contributed by atoms with Crippen molar-refractivity contribution >= 4 is 11.8 Å². The summed E-state index contributed by atoms with van der Waals surface area (Å²) < 4.78 is 5.36. The molecule has 2 aromatic rings. The number of hydrogen-bond acceptors (Lipinski definition) is 6. The van der Waals surface area contributed by atoms with Crippen LogP contribution in [-0.2, 0) is 11.3 Å². The Morgan fingerprint density at radius 2 is 2.14 bits per heavy atom. The molecule has 1 aliphatic rings. The molecule has 0 bridgehead atoms. The van der Waals surface area contributed by atoms with E-state index in [0.29, 0.717) is 6.54 Å². The fourth-order valence-electron chi connectivity index (χ4n) is 2.22.